The molecule has 0 saturated heterocycles. The Hall–Kier alpha value is -2.77. The van der Waals surface area contributed by atoms with Crippen LogP contribution in [0.25, 0.3) is 11.4 Å². The smallest absolute Gasteiger partial charge is 0.272 e. The molecule has 16 heteroatoms. The van der Waals surface area contributed by atoms with Gasteiger partial charge in [0.15, 0.2) is 16.6 Å². The second-order valence-electron chi connectivity index (χ2n) is 18.4. The fourth-order valence-corrected chi connectivity index (χ4v) is 11.0. The van der Waals surface area contributed by atoms with Crippen LogP contribution in [-0.2, 0) is 18.7 Å². The highest BCUT2D eigenvalue weighted by Gasteiger charge is 2.47. The van der Waals surface area contributed by atoms with E-state index in [1.54, 1.807) is 23.9 Å². The number of tetrazole rings is 2. The van der Waals surface area contributed by atoms with E-state index in [9.17, 15) is 8.42 Å². The van der Waals surface area contributed by atoms with Gasteiger partial charge in [0.05, 0.1) is 17.1 Å². The summed E-state index contributed by atoms with van der Waals surface area (Å²) in [5, 5.41) is 24.6. The average Bonchev–Trinajstić information content (AvgIpc) is 3.87. The van der Waals surface area contributed by atoms with Gasteiger partial charge in [-0.1, -0.05) is 108 Å². The molecular weight excluding hydrogens is 777 g/mol. The number of hydrogen-bond acceptors (Lipinski definition) is 11. The van der Waals surface area contributed by atoms with E-state index in [1.165, 1.54) is 30.4 Å². The van der Waals surface area contributed by atoms with E-state index in [4.69, 9.17) is 8.85 Å². The molecule has 2 aliphatic rings. The Labute approximate surface area is 341 Å². The maximum Gasteiger partial charge on any atom is 0.272 e. The van der Waals surface area contributed by atoms with Gasteiger partial charge in [-0.15, -0.1) is 5.10 Å². The highest BCUT2D eigenvalue weighted by molar-refractivity contribution is 7.99. The van der Waals surface area contributed by atoms with Gasteiger partial charge in [0.1, 0.15) is 0 Å². The Balaban J connectivity index is 0.000000215. The van der Waals surface area contributed by atoms with Crippen LogP contribution in [0, 0.1) is 11.8 Å². The molecule has 2 heterocycles. The van der Waals surface area contributed by atoms with Crippen molar-refractivity contribution in [2.45, 2.75) is 152 Å². The second kappa shape index (κ2) is 18.4. The molecule has 4 atom stereocenters. The van der Waals surface area contributed by atoms with E-state index in [2.05, 4.69) is 98.8 Å². The Kier molecular flexibility index (Phi) is 14.6. The van der Waals surface area contributed by atoms with Crippen LogP contribution in [-0.4, -0.2) is 89.2 Å². The van der Waals surface area contributed by atoms with E-state index in [-0.39, 0.29) is 15.9 Å². The normalized spacial score (nSPS) is 20.0. The number of sulfone groups is 1. The van der Waals surface area contributed by atoms with Gasteiger partial charge in [-0.25, -0.2) is 8.42 Å². The molecular formula is C40H64N8O4S2Si2. The van der Waals surface area contributed by atoms with Crippen molar-refractivity contribution in [3.63, 3.8) is 0 Å². The van der Waals surface area contributed by atoms with Crippen molar-refractivity contribution in [1.29, 1.82) is 0 Å². The molecule has 308 valence electrons. The lowest BCUT2D eigenvalue weighted by Crippen LogP contribution is -2.41. The number of nitrogens with zero attached hydrogens (tertiary/aromatic N) is 8. The zero-order valence-electron chi connectivity index (χ0n) is 35.2. The number of unbranched alkanes of at least 4 members (excludes halogenated alkanes) is 2. The summed E-state index contributed by atoms with van der Waals surface area (Å²) in [4.78, 5) is 0. The first-order valence-electron chi connectivity index (χ1n) is 20.2. The van der Waals surface area contributed by atoms with Gasteiger partial charge in [0, 0.05) is 18.0 Å². The molecule has 2 saturated carbocycles. The lowest BCUT2D eigenvalue weighted by Gasteiger charge is -2.36. The van der Waals surface area contributed by atoms with Crippen LogP contribution in [0.4, 0.5) is 0 Å². The van der Waals surface area contributed by atoms with Gasteiger partial charge in [-0.05, 0) is 132 Å². The Morgan fingerprint density at radius 3 is 1.66 bits per heavy atom. The third-order valence-corrected chi connectivity index (χ3v) is 23.5. The van der Waals surface area contributed by atoms with Gasteiger partial charge in [0.2, 0.25) is 15.0 Å². The zero-order chi connectivity index (χ0) is 40.8. The van der Waals surface area contributed by atoms with Gasteiger partial charge in [-0.2, -0.15) is 9.36 Å². The largest absolute Gasteiger partial charge is 0.414 e. The Bertz CT molecular complexity index is 1930. The molecule has 2 aromatic carbocycles. The Morgan fingerprint density at radius 1 is 0.679 bits per heavy atom. The molecule has 0 unspecified atom stereocenters. The van der Waals surface area contributed by atoms with E-state index < -0.39 is 26.5 Å². The molecule has 56 heavy (non-hydrogen) atoms. The van der Waals surface area contributed by atoms with Crippen molar-refractivity contribution in [3.05, 3.63) is 60.7 Å². The highest BCUT2D eigenvalue weighted by Crippen LogP contribution is 2.46. The molecule has 6 rings (SSSR count). The van der Waals surface area contributed by atoms with Gasteiger partial charge < -0.3 is 8.85 Å². The van der Waals surface area contributed by atoms with E-state index in [1.807, 2.05) is 53.2 Å². The molecule has 12 nitrogen and oxygen atoms in total. The fourth-order valence-electron chi connectivity index (χ4n) is 6.01. The summed E-state index contributed by atoms with van der Waals surface area (Å²) >= 11 is 1.74. The molecule has 2 aliphatic carbocycles. The van der Waals surface area contributed by atoms with Crippen molar-refractivity contribution in [2.24, 2.45) is 11.8 Å². The Morgan fingerprint density at radius 2 is 1.14 bits per heavy atom. The SMILES string of the molecule is CC(C)(C)[Si](C)(C)O[C@@H]1C[C@H]1CCCCS(=O)(=O)c1nnnn1-c1ccccc1.CC(C)(C)[Si](C)(C)O[C@@H]1C[C@H]1CCCCSc1nnnn1-c1ccccc1. The van der Waals surface area contributed by atoms with Crippen LogP contribution < -0.4 is 0 Å². The summed E-state index contributed by atoms with van der Waals surface area (Å²) in [6.07, 6.45) is 9.44. The second-order valence-corrected chi connectivity index (χ2v) is 31.0. The van der Waals surface area contributed by atoms with E-state index in [0.29, 0.717) is 35.3 Å². The first kappa shape index (κ1) is 44.3. The predicted molar refractivity (Wildman–Crippen MR) is 229 cm³/mol. The third kappa shape index (κ3) is 12.1. The quantitative estimate of drug-likeness (QED) is 0.0538. The number of para-hydroxylation sites is 2. The lowest BCUT2D eigenvalue weighted by molar-refractivity contribution is 0.253. The van der Waals surface area contributed by atoms with Crippen LogP contribution in [0.2, 0.25) is 36.3 Å². The standard InChI is InChI=1S/C20H32N4O3SSi.C20H32N4OSSi/c1-20(2,3)29(4,5)27-18-15-16(18)11-9-10-14-28(25,26)19-21-22-23-24(19)17-12-7-6-8-13-17;1-20(2,3)27(4,5)25-18-15-16(18)11-9-10-14-26-19-21-22-23-24(19)17-12-7-6-8-13-17/h6-8,12-13,16,18H,9-11,14-15H2,1-5H3;6-8,12-13,16,18H,9-11,14-15H2,1-5H3/t2*16-,18-/m11/s1. The molecule has 0 N–H and O–H groups in total. The monoisotopic (exact) mass is 840 g/mol. The van der Waals surface area contributed by atoms with E-state index in [0.717, 1.165) is 41.8 Å². The molecule has 2 aromatic heterocycles. The van der Waals surface area contributed by atoms with Gasteiger partial charge >= 0.3 is 0 Å². The first-order chi connectivity index (χ1) is 26.3. The molecule has 0 spiro atoms. The third-order valence-electron chi connectivity index (χ3n) is 11.8. The molecule has 0 radical (unpaired) electrons. The van der Waals surface area contributed by atoms with Crippen LogP contribution in [0.5, 0.6) is 0 Å². The summed E-state index contributed by atoms with van der Waals surface area (Å²) in [7, 11) is -6.86. The number of benzene rings is 2. The molecule has 4 aromatic rings. The minimum atomic E-state index is -3.53. The van der Waals surface area contributed by atoms with Crippen molar-refractivity contribution < 1.29 is 17.3 Å². The molecule has 0 aliphatic heterocycles. The van der Waals surface area contributed by atoms with Crippen LogP contribution >= 0.6 is 11.8 Å². The highest BCUT2D eigenvalue weighted by atomic mass is 32.2. The van der Waals surface area contributed by atoms with Gasteiger partial charge in [-0.3, -0.25) is 0 Å². The zero-order valence-corrected chi connectivity index (χ0v) is 38.8. The van der Waals surface area contributed by atoms with Crippen LogP contribution in [0.1, 0.15) is 92.9 Å². The summed E-state index contributed by atoms with van der Waals surface area (Å²) in [5.74, 6) is 2.45. The van der Waals surface area contributed by atoms with E-state index >= 15 is 0 Å². The molecule has 0 bridgehead atoms. The molecule has 0 amide bonds. The van der Waals surface area contributed by atoms with Gasteiger partial charge in [0.25, 0.3) is 5.16 Å². The molecule has 2 fully saturated rings. The minimum absolute atomic E-state index is 0.0562. The number of hydrogen-bond donors (Lipinski definition) is 0. The first-order valence-corrected chi connectivity index (χ1v) is 28.6. The predicted octanol–water partition coefficient (Wildman–Crippen LogP) is 9.35. The summed E-state index contributed by atoms with van der Waals surface area (Å²) in [6, 6.07) is 19.1. The number of rotatable bonds is 18. The summed E-state index contributed by atoms with van der Waals surface area (Å²) < 4.78 is 41.5. The van der Waals surface area contributed by atoms with Crippen molar-refractivity contribution >= 4 is 38.2 Å². The van der Waals surface area contributed by atoms with Crippen LogP contribution in [0.3, 0.4) is 0 Å². The maximum atomic E-state index is 12.7. The number of aromatic nitrogens is 8. The summed E-state index contributed by atoms with van der Waals surface area (Å²) in [6.45, 7) is 23.0. The number of thioether (sulfide) groups is 1. The van der Waals surface area contributed by atoms with Crippen LogP contribution in [0.15, 0.2) is 71.0 Å². The van der Waals surface area contributed by atoms with Crippen molar-refractivity contribution in [1.82, 2.24) is 40.4 Å². The van der Waals surface area contributed by atoms with Crippen molar-refractivity contribution in [2.75, 3.05) is 11.5 Å². The summed E-state index contributed by atoms with van der Waals surface area (Å²) in [5.41, 5.74) is 1.65. The average molecular weight is 841 g/mol. The minimum Gasteiger partial charge on any atom is -0.414 e. The van der Waals surface area contributed by atoms with Crippen molar-refractivity contribution in [3.8, 4) is 11.4 Å². The topological polar surface area (TPSA) is 140 Å². The maximum absolute atomic E-state index is 12.7. The fraction of sp³-hybridized carbons (Fsp3) is 0.650. The lowest BCUT2D eigenvalue weighted by atomic mass is 10.2.